The minimum atomic E-state index is -4.57. The van der Waals surface area contributed by atoms with Crippen molar-refractivity contribution in [1.29, 1.82) is 0 Å². The van der Waals surface area contributed by atoms with Crippen LogP contribution in [0.25, 0.3) is 0 Å². The predicted octanol–water partition coefficient (Wildman–Crippen LogP) is 3.40. The Morgan fingerprint density at radius 1 is 1.27 bits per heavy atom. The van der Waals surface area contributed by atoms with Crippen molar-refractivity contribution in [3.63, 3.8) is 0 Å². The molecule has 5 nitrogen and oxygen atoms in total. The number of halogens is 3. The first kappa shape index (κ1) is 17.1. The average Bonchev–Trinajstić information content (AvgIpc) is 3.28. The molecule has 2 aliphatic rings. The summed E-state index contributed by atoms with van der Waals surface area (Å²) in [4.78, 5) is 18.5. The Hall–Kier alpha value is -2.35. The Kier molecular flexibility index (Phi) is 4.22. The Bertz CT molecular complexity index is 825. The minimum absolute atomic E-state index is 0.107. The Morgan fingerprint density at radius 3 is 2.81 bits per heavy atom. The summed E-state index contributed by atoms with van der Waals surface area (Å²) < 4.78 is 50.7. The third-order valence-electron chi connectivity index (χ3n) is 4.77. The summed E-state index contributed by atoms with van der Waals surface area (Å²) in [6.07, 6.45) is -3.30. The summed E-state index contributed by atoms with van der Waals surface area (Å²) in [5.41, 5.74) is -0.632. The molecule has 138 valence electrons. The van der Waals surface area contributed by atoms with Gasteiger partial charge in [-0.1, -0.05) is 12.1 Å². The maximum absolute atomic E-state index is 13.2. The summed E-state index contributed by atoms with van der Waals surface area (Å²) in [5.74, 6) is 0.769. The zero-order valence-electron chi connectivity index (χ0n) is 13.9. The molecule has 1 fully saturated rings. The monoisotopic (exact) mass is 366 g/mol. The van der Waals surface area contributed by atoms with Crippen LogP contribution in [0.2, 0.25) is 0 Å². The Morgan fingerprint density at radius 2 is 2.08 bits per heavy atom. The van der Waals surface area contributed by atoms with Crippen LogP contribution in [0.3, 0.4) is 0 Å². The average molecular weight is 366 g/mol. The van der Waals surface area contributed by atoms with E-state index in [1.165, 1.54) is 23.1 Å². The van der Waals surface area contributed by atoms with Gasteiger partial charge in [0, 0.05) is 19.6 Å². The fourth-order valence-corrected chi connectivity index (χ4v) is 3.38. The molecule has 8 heteroatoms. The van der Waals surface area contributed by atoms with E-state index < -0.39 is 17.6 Å². The lowest BCUT2D eigenvalue weighted by Gasteiger charge is -2.26. The van der Waals surface area contributed by atoms with Gasteiger partial charge in [-0.05, 0) is 18.6 Å². The van der Waals surface area contributed by atoms with Gasteiger partial charge in [-0.2, -0.15) is 13.2 Å². The quantitative estimate of drug-likeness (QED) is 0.818. The molecule has 1 aromatic heterocycles. The maximum atomic E-state index is 13.2. The smallest absolute Gasteiger partial charge is 0.417 e. The van der Waals surface area contributed by atoms with Crippen molar-refractivity contribution in [2.45, 2.75) is 31.5 Å². The number of carbonyl (C=O) groups excluding carboxylic acids is 1. The van der Waals surface area contributed by atoms with Crippen molar-refractivity contribution in [2.24, 2.45) is 0 Å². The van der Waals surface area contributed by atoms with Gasteiger partial charge in [-0.3, -0.25) is 4.79 Å². The Balaban J connectivity index is 1.57. The van der Waals surface area contributed by atoms with Crippen LogP contribution in [0, 0.1) is 0 Å². The van der Waals surface area contributed by atoms with E-state index in [9.17, 15) is 18.0 Å². The molecule has 0 N–H and O–H groups in total. The third-order valence-corrected chi connectivity index (χ3v) is 4.77. The largest absolute Gasteiger partial charge is 0.445 e. The number of hydrogen-bond acceptors (Lipinski definition) is 4. The fourth-order valence-electron chi connectivity index (χ4n) is 3.38. The van der Waals surface area contributed by atoms with E-state index in [2.05, 4.69) is 4.98 Å². The first-order chi connectivity index (χ1) is 12.4. The zero-order valence-corrected chi connectivity index (χ0v) is 13.9. The Labute approximate surface area is 147 Å². The number of ether oxygens (including phenoxy) is 1. The first-order valence-corrected chi connectivity index (χ1v) is 8.45. The van der Waals surface area contributed by atoms with Gasteiger partial charge < -0.3 is 14.1 Å². The topological polar surface area (TPSA) is 55.6 Å². The number of benzene rings is 1. The van der Waals surface area contributed by atoms with Crippen LogP contribution in [0.4, 0.5) is 13.2 Å². The van der Waals surface area contributed by atoms with Gasteiger partial charge >= 0.3 is 6.18 Å². The van der Waals surface area contributed by atoms with Crippen LogP contribution in [-0.2, 0) is 23.9 Å². The minimum Gasteiger partial charge on any atom is -0.445 e. The number of amides is 1. The molecular formula is C18H17F3N2O3. The first-order valence-electron chi connectivity index (χ1n) is 8.45. The highest BCUT2D eigenvalue weighted by molar-refractivity contribution is 5.96. The van der Waals surface area contributed by atoms with Crippen molar-refractivity contribution < 1.29 is 27.1 Å². The van der Waals surface area contributed by atoms with Crippen LogP contribution in [0.1, 0.15) is 45.6 Å². The molecule has 1 atom stereocenters. The lowest BCUT2D eigenvalue weighted by atomic mass is 10.0. The second-order valence-corrected chi connectivity index (χ2v) is 6.50. The van der Waals surface area contributed by atoms with Crippen molar-refractivity contribution in [3.05, 3.63) is 52.7 Å². The van der Waals surface area contributed by atoms with E-state index in [1.807, 2.05) is 0 Å². The molecular weight excluding hydrogens is 349 g/mol. The summed E-state index contributed by atoms with van der Waals surface area (Å²) in [7, 11) is 0. The van der Waals surface area contributed by atoms with Crippen LogP contribution in [0.15, 0.2) is 28.7 Å². The van der Waals surface area contributed by atoms with Gasteiger partial charge in [-0.15, -0.1) is 0 Å². The number of oxazole rings is 1. The highest BCUT2D eigenvalue weighted by atomic mass is 19.4. The van der Waals surface area contributed by atoms with Gasteiger partial charge in [0.1, 0.15) is 11.5 Å². The summed E-state index contributed by atoms with van der Waals surface area (Å²) in [6, 6.07) is 4.86. The van der Waals surface area contributed by atoms with E-state index >= 15 is 0 Å². The molecule has 2 aliphatic heterocycles. The van der Waals surface area contributed by atoms with E-state index in [1.54, 1.807) is 0 Å². The number of alkyl halides is 3. The number of aromatic nitrogens is 1. The normalized spacial score (nSPS) is 20.3. The molecule has 1 unspecified atom stereocenters. The highest BCUT2D eigenvalue weighted by Gasteiger charge is 2.37. The van der Waals surface area contributed by atoms with Gasteiger partial charge in [0.2, 0.25) is 0 Å². The van der Waals surface area contributed by atoms with E-state index in [0.29, 0.717) is 43.5 Å². The lowest BCUT2D eigenvalue weighted by Crippen LogP contribution is -2.36. The molecule has 1 amide bonds. The molecule has 4 rings (SSSR count). The molecule has 0 saturated carbocycles. The van der Waals surface area contributed by atoms with Crippen LogP contribution in [-0.4, -0.2) is 35.5 Å². The second kappa shape index (κ2) is 6.42. The summed E-state index contributed by atoms with van der Waals surface area (Å²) in [6.45, 7) is 1.67. The maximum Gasteiger partial charge on any atom is 0.417 e. The molecule has 26 heavy (non-hydrogen) atoms. The summed E-state index contributed by atoms with van der Waals surface area (Å²) >= 11 is 0. The third kappa shape index (κ3) is 3.09. The number of carbonyl (C=O) groups is 1. The van der Waals surface area contributed by atoms with E-state index in [-0.39, 0.29) is 18.0 Å². The predicted molar refractivity (Wildman–Crippen MR) is 84.6 cm³/mol. The molecule has 0 aliphatic carbocycles. The van der Waals surface area contributed by atoms with Gasteiger partial charge in [0.25, 0.3) is 5.91 Å². The molecule has 1 saturated heterocycles. The molecule has 1 aromatic carbocycles. The second-order valence-electron chi connectivity index (χ2n) is 6.50. The molecule has 0 spiro atoms. The SMILES string of the molecule is O=C(c1ccccc1C(F)(F)F)N1CCc2oc(C3CCOC3)nc2C1. The van der Waals surface area contributed by atoms with Gasteiger partial charge in [0.15, 0.2) is 5.89 Å². The molecule has 3 heterocycles. The van der Waals surface area contributed by atoms with Crippen LogP contribution >= 0.6 is 0 Å². The molecule has 0 bridgehead atoms. The summed E-state index contributed by atoms with van der Waals surface area (Å²) in [5, 5.41) is 0. The fraction of sp³-hybridized carbons (Fsp3) is 0.444. The number of fused-ring (bicyclic) bond motifs is 1. The van der Waals surface area contributed by atoms with E-state index in [4.69, 9.17) is 9.15 Å². The molecule has 0 radical (unpaired) electrons. The van der Waals surface area contributed by atoms with Crippen molar-refractivity contribution in [3.8, 4) is 0 Å². The highest BCUT2D eigenvalue weighted by Crippen LogP contribution is 2.34. The number of hydrogen-bond donors (Lipinski definition) is 0. The van der Waals surface area contributed by atoms with Crippen LogP contribution < -0.4 is 0 Å². The zero-order chi connectivity index (χ0) is 18.3. The van der Waals surface area contributed by atoms with Crippen LogP contribution in [0.5, 0.6) is 0 Å². The standard InChI is InChI=1S/C18H17F3N2O3/c19-18(20,21)13-4-2-1-3-12(13)17(24)23-7-5-15-14(9-23)22-16(26-15)11-6-8-25-10-11/h1-4,11H,5-10H2. The number of nitrogens with zero attached hydrogens (tertiary/aromatic N) is 2. The molecule has 2 aromatic rings. The van der Waals surface area contributed by atoms with Crippen molar-refractivity contribution in [2.75, 3.05) is 19.8 Å². The van der Waals surface area contributed by atoms with Gasteiger partial charge in [-0.25, -0.2) is 4.98 Å². The van der Waals surface area contributed by atoms with Crippen molar-refractivity contribution >= 4 is 5.91 Å². The van der Waals surface area contributed by atoms with Crippen molar-refractivity contribution in [1.82, 2.24) is 9.88 Å². The number of rotatable bonds is 2. The van der Waals surface area contributed by atoms with E-state index in [0.717, 1.165) is 12.5 Å². The lowest BCUT2D eigenvalue weighted by molar-refractivity contribution is -0.138. The van der Waals surface area contributed by atoms with Gasteiger partial charge in [0.05, 0.1) is 30.2 Å².